The second-order valence-corrected chi connectivity index (χ2v) is 4.70. The lowest BCUT2D eigenvalue weighted by molar-refractivity contribution is 0.412. The highest BCUT2D eigenvalue weighted by Gasteiger charge is 2.25. The van der Waals surface area contributed by atoms with Gasteiger partial charge in [-0.15, -0.1) is 0 Å². The normalized spacial score (nSPS) is 14.6. The molecule has 1 aliphatic carbocycles. The maximum absolute atomic E-state index is 5.26. The van der Waals surface area contributed by atoms with Gasteiger partial charge in [0.1, 0.15) is 5.75 Å². The predicted molar refractivity (Wildman–Crippen MR) is 71.5 cm³/mol. The molecule has 1 aromatic carbocycles. The Labute approximate surface area is 107 Å². The first kappa shape index (κ1) is 11.1. The molecule has 1 aromatic heterocycles. The summed E-state index contributed by atoms with van der Waals surface area (Å²) in [6, 6.07) is 6.69. The Kier molecular flexibility index (Phi) is 2.70. The number of aryl methyl sites for hydroxylation is 1. The number of anilines is 2. The average molecular weight is 243 g/mol. The van der Waals surface area contributed by atoms with Crippen molar-refractivity contribution in [3.05, 3.63) is 36.2 Å². The number of nitrogens with zero attached hydrogens (tertiary/aromatic N) is 2. The van der Waals surface area contributed by atoms with Gasteiger partial charge in [-0.1, -0.05) is 0 Å². The van der Waals surface area contributed by atoms with Crippen molar-refractivity contribution >= 4 is 11.6 Å². The molecule has 1 saturated carbocycles. The fraction of sp³-hybridized carbons (Fsp3) is 0.357. The molecule has 1 heterocycles. The second-order valence-electron chi connectivity index (χ2n) is 4.70. The van der Waals surface area contributed by atoms with Crippen LogP contribution in [0.2, 0.25) is 0 Å². The van der Waals surface area contributed by atoms with Crippen molar-refractivity contribution in [1.29, 1.82) is 0 Å². The molecule has 0 aliphatic heterocycles. The van der Waals surface area contributed by atoms with Gasteiger partial charge in [0, 0.05) is 24.1 Å². The Hall–Kier alpha value is -1.97. The third kappa shape index (κ3) is 2.06. The standard InChI is InChI=1S/C14H17N3O/c1-10-9-11(3-6-13(10)18-2)16-14-15-7-8-17(14)12-4-5-12/h3,6-9,12H,4-5H2,1-2H3,(H,15,16). The molecular formula is C14H17N3O. The van der Waals surface area contributed by atoms with E-state index in [9.17, 15) is 0 Å². The van der Waals surface area contributed by atoms with Crippen LogP contribution in [0.15, 0.2) is 30.6 Å². The predicted octanol–water partition coefficient (Wildman–Crippen LogP) is 3.28. The van der Waals surface area contributed by atoms with E-state index in [4.69, 9.17) is 4.74 Å². The zero-order chi connectivity index (χ0) is 12.5. The van der Waals surface area contributed by atoms with E-state index in [1.54, 1.807) is 7.11 Å². The Bertz CT molecular complexity index is 558. The summed E-state index contributed by atoms with van der Waals surface area (Å²) in [6.45, 7) is 2.04. The highest BCUT2D eigenvalue weighted by Crippen LogP contribution is 2.37. The van der Waals surface area contributed by atoms with Crippen LogP contribution in [0.3, 0.4) is 0 Å². The molecular weight excluding hydrogens is 226 g/mol. The third-order valence-corrected chi connectivity index (χ3v) is 3.26. The maximum Gasteiger partial charge on any atom is 0.207 e. The van der Waals surface area contributed by atoms with Crippen LogP contribution in [-0.4, -0.2) is 16.7 Å². The van der Waals surface area contributed by atoms with Gasteiger partial charge in [-0.3, -0.25) is 0 Å². The fourth-order valence-electron chi connectivity index (χ4n) is 2.14. The van der Waals surface area contributed by atoms with Crippen LogP contribution in [0.25, 0.3) is 0 Å². The third-order valence-electron chi connectivity index (χ3n) is 3.26. The second kappa shape index (κ2) is 4.37. The van der Waals surface area contributed by atoms with Crippen LogP contribution in [0.5, 0.6) is 5.75 Å². The summed E-state index contributed by atoms with van der Waals surface area (Å²) in [7, 11) is 1.69. The number of hydrogen-bond acceptors (Lipinski definition) is 3. The van der Waals surface area contributed by atoms with Crippen molar-refractivity contribution < 1.29 is 4.74 Å². The van der Waals surface area contributed by atoms with E-state index in [0.717, 1.165) is 22.9 Å². The summed E-state index contributed by atoms with van der Waals surface area (Å²) in [5.74, 6) is 1.83. The van der Waals surface area contributed by atoms with E-state index in [-0.39, 0.29) is 0 Å². The van der Waals surface area contributed by atoms with E-state index in [2.05, 4.69) is 20.9 Å². The summed E-state index contributed by atoms with van der Waals surface area (Å²) < 4.78 is 7.47. The lowest BCUT2D eigenvalue weighted by Crippen LogP contribution is -2.01. The molecule has 0 spiro atoms. The molecule has 4 heteroatoms. The van der Waals surface area contributed by atoms with Crippen LogP contribution in [0.1, 0.15) is 24.4 Å². The lowest BCUT2D eigenvalue weighted by Gasteiger charge is -2.11. The molecule has 2 aromatic rings. The molecule has 0 amide bonds. The smallest absolute Gasteiger partial charge is 0.207 e. The van der Waals surface area contributed by atoms with Gasteiger partial charge in [-0.25, -0.2) is 4.98 Å². The van der Waals surface area contributed by atoms with Crippen molar-refractivity contribution in [2.24, 2.45) is 0 Å². The Morgan fingerprint density at radius 2 is 2.22 bits per heavy atom. The fourth-order valence-corrected chi connectivity index (χ4v) is 2.14. The number of nitrogens with one attached hydrogen (secondary N) is 1. The topological polar surface area (TPSA) is 39.1 Å². The highest BCUT2D eigenvalue weighted by atomic mass is 16.5. The SMILES string of the molecule is COc1ccc(Nc2nccn2C2CC2)cc1C. The van der Waals surface area contributed by atoms with Gasteiger partial charge in [-0.05, 0) is 43.5 Å². The molecule has 0 radical (unpaired) electrons. The van der Waals surface area contributed by atoms with Crippen LogP contribution in [-0.2, 0) is 0 Å². The van der Waals surface area contributed by atoms with Crippen LogP contribution < -0.4 is 10.1 Å². The lowest BCUT2D eigenvalue weighted by atomic mass is 10.2. The molecule has 1 aliphatic rings. The molecule has 1 N–H and O–H groups in total. The van der Waals surface area contributed by atoms with Crippen molar-refractivity contribution in [1.82, 2.24) is 9.55 Å². The quantitative estimate of drug-likeness (QED) is 0.895. The Morgan fingerprint density at radius 1 is 1.39 bits per heavy atom. The van der Waals surface area contributed by atoms with E-state index in [1.807, 2.05) is 31.5 Å². The summed E-state index contributed by atoms with van der Waals surface area (Å²) in [5, 5.41) is 3.36. The number of methoxy groups -OCH3 is 1. The van der Waals surface area contributed by atoms with Gasteiger partial charge < -0.3 is 14.6 Å². The van der Waals surface area contributed by atoms with E-state index in [0.29, 0.717) is 6.04 Å². The molecule has 0 atom stereocenters. The molecule has 3 rings (SSSR count). The molecule has 0 saturated heterocycles. The van der Waals surface area contributed by atoms with Gasteiger partial charge in [0.05, 0.1) is 7.11 Å². The van der Waals surface area contributed by atoms with E-state index >= 15 is 0 Å². The first-order valence-electron chi connectivity index (χ1n) is 6.22. The number of aromatic nitrogens is 2. The minimum absolute atomic E-state index is 0.634. The van der Waals surface area contributed by atoms with Crippen molar-refractivity contribution in [2.45, 2.75) is 25.8 Å². The Balaban J connectivity index is 1.83. The van der Waals surface area contributed by atoms with Gasteiger partial charge in [0.15, 0.2) is 0 Å². The first-order valence-corrected chi connectivity index (χ1v) is 6.22. The number of ether oxygens (including phenoxy) is 1. The molecule has 4 nitrogen and oxygen atoms in total. The van der Waals surface area contributed by atoms with Gasteiger partial charge in [0.2, 0.25) is 5.95 Å². The van der Waals surface area contributed by atoms with Gasteiger partial charge in [0.25, 0.3) is 0 Å². The van der Waals surface area contributed by atoms with E-state index < -0.39 is 0 Å². The van der Waals surface area contributed by atoms with Gasteiger partial charge >= 0.3 is 0 Å². The molecule has 94 valence electrons. The van der Waals surface area contributed by atoms with Gasteiger partial charge in [-0.2, -0.15) is 0 Å². The van der Waals surface area contributed by atoms with Crippen molar-refractivity contribution in [3.8, 4) is 5.75 Å². The summed E-state index contributed by atoms with van der Waals surface area (Å²) in [4.78, 5) is 4.37. The van der Waals surface area contributed by atoms with Crippen LogP contribution in [0, 0.1) is 6.92 Å². The molecule has 0 bridgehead atoms. The van der Waals surface area contributed by atoms with Crippen LogP contribution in [0.4, 0.5) is 11.6 Å². The zero-order valence-electron chi connectivity index (χ0n) is 10.7. The monoisotopic (exact) mass is 243 g/mol. The molecule has 18 heavy (non-hydrogen) atoms. The number of imidazole rings is 1. The number of hydrogen-bond donors (Lipinski definition) is 1. The highest BCUT2D eigenvalue weighted by molar-refractivity contribution is 5.57. The summed E-state index contributed by atoms with van der Waals surface area (Å²) in [6.07, 6.45) is 6.40. The average Bonchev–Trinajstić information content (AvgIpc) is 3.11. The van der Waals surface area contributed by atoms with Crippen molar-refractivity contribution in [2.75, 3.05) is 12.4 Å². The van der Waals surface area contributed by atoms with E-state index in [1.165, 1.54) is 12.8 Å². The molecule has 1 fully saturated rings. The first-order chi connectivity index (χ1) is 8.78. The molecule has 0 unspecified atom stereocenters. The zero-order valence-corrected chi connectivity index (χ0v) is 10.7. The van der Waals surface area contributed by atoms with Crippen molar-refractivity contribution in [3.63, 3.8) is 0 Å². The minimum Gasteiger partial charge on any atom is -0.496 e. The minimum atomic E-state index is 0.634. The summed E-state index contributed by atoms with van der Waals surface area (Å²) in [5.41, 5.74) is 2.16. The number of rotatable bonds is 4. The van der Waals surface area contributed by atoms with Crippen LogP contribution >= 0.6 is 0 Å². The largest absolute Gasteiger partial charge is 0.496 e. The maximum atomic E-state index is 5.26. The summed E-state index contributed by atoms with van der Waals surface area (Å²) >= 11 is 0. The number of benzene rings is 1. The Morgan fingerprint density at radius 3 is 2.89 bits per heavy atom.